The van der Waals surface area contributed by atoms with E-state index in [-0.39, 0.29) is 5.91 Å². The summed E-state index contributed by atoms with van der Waals surface area (Å²) < 4.78 is 0. The molecule has 3 rings (SSSR count). The van der Waals surface area contributed by atoms with Crippen LogP contribution < -0.4 is 5.32 Å². The molecule has 4 nitrogen and oxygen atoms in total. The van der Waals surface area contributed by atoms with Crippen LogP contribution in [0.25, 0.3) is 10.9 Å². The van der Waals surface area contributed by atoms with E-state index in [4.69, 9.17) is 0 Å². The quantitative estimate of drug-likeness (QED) is 0.799. The number of hydrogen-bond donors (Lipinski definition) is 1. The number of aromatic nitrogens is 2. The van der Waals surface area contributed by atoms with E-state index >= 15 is 0 Å². The number of nitrogens with one attached hydrogen (secondary N) is 1. The molecule has 0 saturated heterocycles. The number of fused-ring (bicyclic) bond motifs is 1. The third-order valence-electron chi connectivity index (χ3n) is 3.67. The Labute approximate surface area is 129 Å². The van der Waals surface area contributed by atoms with Crippen molar-refractivity contribution in [2.24, 2.45) is 0 Å². The van der Waals surface area contributed by atoms with Crippen LogP contribution in [0.5, 0.6) is 0 Å². The van der Waals surface area contributed by atoms with Crippen molar-refractivity contribution in [2.75, 3.05) is 5.32 Å². The number of benzene rings is 1. The molecule has 22 heavy (non-hydrogen) atoms. The standard InChI is InChI=1S/C18H17N3O/c1-3-13-4-6-15(7-5-13)21-18(22)16-10-14-11-19-9-8-17(14)20-12(16)2/h4-11H,3H2,1-2H3,(H,21,22). The molecule has 0 aliphatic rings. The maximum absolute atomic E-state index is 12.5. The molecule has 0 saturated carbocycles. The highest BCUT2D eigenvalue weighted by Gasteiger charge is 2.12. The van der Waals surface area contributed by atoms with Gasteiger partial charge in [-0.2, -0.15) is 0 Å². The van der Waals surface area contributed by atoms with Crippen molar-refractivity contribution in [1.82, 2.24) is 9.97 Å². The van der Waals surface area contributed by atoms with E-state index in [1.54, 1.807) is 12.4 Å². The third kappa shape index (κ3) is 2.81. The van der Waals surface area contributed by atoms with E-state index in [2.05, 4.69) is 22.2 Å². The minimum Gasteiger partial charge on any atom is -0.322 e. The molecule has 0 bridgehead atoms. The second-order valence-electron chi connectivity index (χ2n) is 5.19. The normalized spacial score (nSPS) is 10.6. The van der Waals surface area contributed by atoms with Gasteiger partial charge in [0.25, 0.3) is 5.91 Å². The van der Waals surface area contributed by atoms with Crippen molar-refractivity contribution in [3.8, 4) is 0 Å². The van der Waals surface area contributed by atoms with Gasteiger partial charge in [0.05, 0.1) is 16.8 Å². The molecule has 0 radical (unpaired) electrons. The molecular weight excluding hydrogens is 274 g/mol. The lowest BCUT2D eigenvalue weighted by Crippen LogP contribution is -2.14. The number of amides is 1. The summed E-state index contributed by atoms with van der Waals surface area (Å²) in [5, 5.41) is 3.78. The number of rotatable bonds is 3. The van der Waals surface area contributed by atoms with Crippen molar-refractivity contribution in [3.05, 3.63) is 65.6 Å². The van der Waals surface area contributed by atoms with Gasteiger partial charge in [-0.15, -0.1) is 0 Å². The van der Waals surface area contributed by atoms with Crippen LogP contribution in [-0.2, 0) is 6.42 Å². The van der Waals surface area contributed by atoms with Crippen LogP contribution in [0, 0.1) is 6.92 Å². The summed E-state index contributed by atoms with van der Waals surface area (Å²) in [7, 11) is 0. The molecular formula is C18H17N3O. The number of pyridine rings is 2. The second-order valence-corrected chi connectivity index (χ2v) is 5.19. The zero-order valence-electron chi connectivity index (χ0n) is 12.6. The molecule has 110 valence electrons. The smallest absolute Gasteiger partial charge is 0.257 e. The minimum absolute atomic E-state index is 0.153. The molecule has 3 aromatic rings. The van der Waals surface area contributed by atoms with Crippen LogP contribution in [0.2, 0.25) is 0 Å². The average Bonchev–Trinajstić information content (AvgIpc) is 2.54. The molecule has 0 aliphatic heterocycles. The summed E-state index contributed by atoms with van der Waals surface area (Å²) in [6, 6.07) is 11.5. The van der Waals surface area contributed by atoms with Crippen molar-refractivity contribution >= 4 is 22.5 Å². The number of carbonyl (C=O) groups excluding carboxylic acids is 1. The molecule has 2 heterocycles. The van der Waals surface area contributed by atoms with Gasteiger partial charge in [-0.1, -0.05) is 19.1 Å². The summed E-state index contributed by atoms with van der Waals surface area (Å²) in [5.41, 5.74) is 4.15. The Morgan fingerprint density at radius 3 is 2.68 bits per heavy atom. The monoisotopic (exact) mass is 291 g/mol. The molecule has 1 N–H and O–H groups in total. The van der Waals surface area contributed by atoms with Crippen LogP contribution >= 0.6 is 0 Å². The topological polar surface area (TPSA) is 54.9 Å². The molecule has 0 spiro atoms. The predicted molar refractivity (Wildman–Crippen MR) is 88.0 cm³/mol. The molecule has 4 heteroatoms. The highest BCUT2D eigenvalue weighted by molar-refractivity contribution is 6.06. The van der Waals surface area contributed by atoms with Crippen LogP contribution in [-0.4, -0.2) is 15.9 Å². The van der Waals surface area contributed by atoms with Gasteiger partial charge in [0, 0.05) is 23.5 Å². The summed E-state index contributed by atoms with van der Waals surface area (Å²) >= 11 is 0. The van der Waals surface area contributed by atoms with E-state index in [0.29, 0.717) is 11.3 Å². The van der Waals surface area contributed by atoms with Crippen LogP contribution in [0.3, 0.4) is 0 Å². The Bertz CT molecular complexity index is 825. The molecule has 0 atom stereocenters. The van der Waals surface area contributed by atoms with Crippen molar-refractivity contribution in [1.29, 1.82) is 0 Å². The van der Waals surface area contributed by atoms with Crippen LogP contribution in [0.1, 0.15) is 28.5 Å². The second kappa shape index (κ2) is 5.93. The summed E-state index contributed by atoms with van der Waals surface area (Å²) in [6.45, 7) is 3.95. The van der Waals surface area contributed by atoms with Crippen molar-refractivity contribution < 1.29 is 4.79 Å². The first-order valence-electron chi connectivity index (χ1n) is 7.29. The summed E-state index contributed by atoms with van der Waals surface area (Å²) in [5.74, 6) is -0.153. The summed E-state index contributed by atoms with van der Waals surface area (Å²) in [4.78, 5) is 21.0. The van der Waals surface area contributed by atoms with Crippen molar-refractivity contribution in [3.63, 3.8) is 0 Å². The number of hydrogen-bond acceptors (Lipinski definition) is 3. The van der Waals surface area contributed by atoms with Gasteiger partial charge in [0.15, 0.2) is 0 Å². The van der Waals surface area contributed by atoms with Gasteiger partial charge < -0.3 is 5.32 Å². The first-order valence-corrected chi connectivity index (χ1v) is 7.29. The Morgan fingerprint density at radius 1 is 1.18 bits per heavy atom. The van der Waals surface area contributed by atoms with Crippen LogP contribution in [0.15, 0.2) is 48.8 Å². The molecule has 0 fully saturated rings. The van der Waals surface area contributed by atoms with E-state index in [1.165, 1.54) is 5.56 Å². The zero-order chi connectivity index (χ0) is 15.5. The van der Waals surface area contributed by atoms with Gasteiger partial charge >= 0.3 is 0 Å². The first-order chi connectivity index (χ1) is 10.7. The van der Waals surface area contributed by atoms with Crippen molar-refractivity contribution in [2.45, 2.75) is 20.3 Å². The maximum atomic E-state index is 12.5. The lowest BCUT2D eigenvalue weighted by atomic mass is 10.1. The van der Waals surface area contributed by atoms with E-state index in [9.17, 15) is 4.79 Å². The lowest BCUT2D eigenvalue weighted by molar-refractivity contribution is 0.102. The number of nitrogens with zero attached hydrogens (tertiary/aromatic N) is 2. The molecule has 0 unspecified atom stereocenters. The fourth-order valence-corrected chi connectivity index (χ4v) is 2.37. The average molecular weight is 291 g/mol. The van der Waals surface area contributed by atoms with Gasteiger partial charge in [-0.3, -0.25) is 14.8 Å². The fraction of sp³-hybridized carbons (Fsp3) is 0.167. The molecule has 2 aromatic heterocycles. The lowest BCUT2D eigenvalue weighted by Gasteiger charge is -2.09. The Morgan fingerprint density at radius 2 is 1.95 bits per heavy atom. The van der Waals surface area contributed by atoms with E-state index in [0.717, 1.165) is 23.0 Å². The molecule has 0 aliphatic carbocycles. The Hall–Kier alpha value is -2.75. The minimum atomic E-state index is -0.153. The SMILES string of the molecule is CCc1ccc(NC(=O)c2cc3cnccc3nc2C)cc1. The Kier molecular flexibility index (Phi) is 3.83. The largest absolute Gasteiger partial charge is 0.322 e. The highest BCUT2D eigenvalue weighted by atomic mass is 16.1. The maximum Gasteiger partial charge on any atom is 0.257 e. The summed E-state index contributed by atoms with van der Waals surface area (Å²) in [6.07, 6.45) is 4.40. The fourth-order valence-electron chi connectivity index (χ4n) is 2.37. The molecule has 1 amide bonds. The molecule has 1 aromatic carbocycles. The van der Waals surface area contributed by atoms with Gasteiger partial charge in [0.2, 0.25) is 0 Å². The van der Waals surface area contributed by atoms with Gasteiger partial charge in [0.1, 0.15) is 0 Å². The Balaban J connectivity index is 1.89. The zero-order valence-corrected chi connectivity index (χ0v) is 12.6. The van der Waals surface area contributed by atoms with E-state index in [1.807, 2.05) is 43.3 Å². The van der Waals surface area contributed by atoms with Gasteiger partial charge in [-0.25, -0.2) is 0 Å². The van der Waals surface area contributed by atoms with E-state index < -0.39 is 0 Å². The van der Waals surface area contributed by atoms with Crippen LogP contribution in [0.4, 0.5) is 5.69 Å². The number of anilines is 1. The highest BCUT2D eigenvalue weighted by Crippen LogP contribution is 2.17. The first kappa shape index (κ1) is 14.2. The third-order valence-corrected chi connectivity index (χ3v) is 3.67. The predicted octanol–water partition coefficient (Wildman–Crippen LogP) is 3.75. The van der Waals surface area contributed by atoms with Gasteiger partial charge in [-0.05, 0) is 43.2 Å². The number of aryl methyl sites for hydroxylation is 2. The number of carbonyl (C=O) groups is 1.